The number of alkyl halides is 3. The van der Waals surface area contributed by atoms with Gasteiger partial charge in [-0.2, -0.15) is 13.2 Å². The number of thiazole rings is 1. The first-order valence-electron chi connectivity index (χ1n) is 14.5. The molecule has 1 aliphatic heterocycles. The fourth-order valence-corrected chi connectivity index (χ4v) is 6.00. The second-order valence-electron chi connectivity index (χ2n) is 10.8. The Morgan fingerprint density at radius 1 is 1.13 bits per heavy atom. The minimum Gasteiger partial charge on any atom is -0.491 e. The van der Waals surface area contributed by atoms with Crippen molar-refractivity contribution in [3.63, 3.8) is 0 Å². The Hall–Kier alpha value is -4.67. The Labute approximate surface area is 269 Å². The lowest BCUT2D eigenvalue weighted by molar-refractivity contribution is -0.265. The summed E-state index contributed by atoms with van der Waals surface area (Å²) in [6, 6.07) is 9.39. The van der Waals surface area contributed by atoms with Gasteiger partial charge >= 0.3 is 6.18 Å². The van der Waals surface area contributed by atoms with Gasteiger partial charge in [0.25, 0.3) is 5.91 Å². The average molecular weight is 675 g/mol. The predicted octanol–water partition coefficient (Wildman–Crippen LogP) is 3.79. The molecule has 2 atom stereocenters. The Bertz CT molecular complexity index is 1810. The molecule has 1 aliphatic rings. The summed E-state index contributed by atoms with van der Waals surface area (Å²) in [5.74, 6) is -2.76. The summed E-state index contributed by atoms with van der Waals surface area (Å²) >= 11 is 1.09. The van der Waals surface area contributed by atoms with Crippen molar-refractivity contribution in [2.75, 3.05) is 25.0 Å². The summed E-state index contributed by atoms with van der Waals surface area (Å²) in [6.45, 7) is 1.02. The number of ether oxygens (including phenoxy) is 1. The summed E-state index contributed by atoms with van der Waals surface area (Å²) in [6.07, 6.45) is -4.36. The van der Waals surface area contributed by atoms with Crippen LogP contribution >= 0.6 is 11.3 Å². The number of pyridine rings is 1. The SMILES string of the molecule is CCOc1c(CC(N)=O)cc([C@@](O)(CNC(=O)c2ccc3nc(NC(=O)C4CCCN4)sc3c2)C(F)(F)F)nc1-c1ccc(F)cc1. The van der Waals surface area contributed by atoms with Crippen molar-refractivity contribution < 1.29 is 41.8 Å². The molecule has 2 aromatic carbocycles. The molecule has 0 radical (unpaired) electrons. The lowest BCUT2D eigenvalue weighted by atomic mass is 9.93. The first-order valence-corrected chi connectivity index (χ1v) is 15.3. The van der Waals surface area contributed by atoms with Crippen molar-refractivity contribution in [2.24, 2.45) is 5.73 Å². The molecule has 248 valence electrons. The number of halogens is 4. The molecule has 16 heteroatoms. The van der Waals surface area contributed by atoms with Crippen LogP contribution in [0.15, 0.2) is 48.5 Å². The van der Waals surface area contributed by atoms with Gasteiger partial charge in [0.1, 0.15) is 17.3 Å². The molecular weight excluding hydrogens is 644 g/mol. The zero-order valence-corrected chi connectivity index (χ0v) is 25.7. The smallest absolute Gasteiger partial charge is 0.424 e. The highest BCUT2D eigenvalue weighted by atomic mass is 32.1. The number of rotatable bonds is 11. The van der Waals surface area contributed by atoms with Crippen LogP contribution in [0.4, 0.5) is 22.7 Å². The zero-order valence-electron chi connectivity index (χ0n) is 24.9. The standard InChI is InChI=1S/C31H30F4N6O5S/c1-2-46-26-18(14-24(36)42)13-23(40-25(26)16-5-8-19(32)9-6-16)30(45,31(33,34)35)15-38-27(43)17-7-10-20-22(12-17)47-29(39-20)41-28(44)21-4-3-11-37-21/h5-10,12-13,21,37,45H,2-4,11,14-15H2,1H3,(H2,36,42)(H,38,43)(H,39,41,44)/t21?,30-/m0/s1. The van der Waals surface area contributed by atoms with Gasteiger partial charge in [0.2, 0.25) is 17.4 Å². The van der Waals surface area contributed by atoms with Crippen LogP contribution in [-0.4, -0.2) is 64.7 Å². The van der Waals surface area contributed by atoms with Gasteiger partial charge in [0.15, 0.2) is 5.13 Å². The van der Waals surface area contributed by atoms with Crippen LogP contribution in [0.5, 0.6) is 5.75 Å². The Kier molecular flexibility index (Phi) is 9.74. The molecule has 47 heavy (non-hydrogen) atoms. The van der Waals surface area contributed by atoms with E-state index in [-0.39, 0.29) is 46.7 Å². The lowest BCUT2D eigenvalue weighted by Crippen LogP contribution is -2.51. The minimum absolute atomic E-state index is 0.0258. The van der Waals surface area contributed by atoms with Crippen molar-refractivity contribution in [3.05, 3.63) is 71.2 Å². The molecule has 2 aromatic heterocycles. The van der Waals surface area contributed by atoms with Crippen LogP contribution in [0.25, 0.3) is 21.5 Å². The van der Waals surface area contributed by atoms with Crippen LogP contribution in [0.2, 0.25) is 0 Å². The number of nitrogens with one attached hydrogen (secondary N) is 3. The van der Waals surface area contributed by atoms with Crippen molar-refractivity contribution in [1.29, 1.82) is 0 Å². The number of anilines is 1. The van der Waals surface area contributed by atoms with Gasteiger partial charge in [-0.25, -0.2) is 14.4 Å². The van der Waals surface area contributed by atoms with Gasteiger partial charge in [-0.3, -0.25) is 14.4 Å². The first kappa shape index (κ1) is 33.7. The van der Waals surface area contributed by atoms with Gasteiger partial charge in [-0.1, -0.05) is 11.3 Å². The molecule has 0 spiro atoms. The number of hydrogen-bond donors (Lipinski definition) is 5. The normalized spacial score (nSPS) is 16.1. The van der Waals surface area contributed by atoms with E-state index in [1.54, 1.807) is 6.92 Å². The number of aliphatic hydroxyl groups is 1. The number of hydrogen-bond acceptors (Lipinski definition) is 9. The van der Waals surface area contributed by atoms with Crippen LogP contribution in [0.3, 0.4) is 0 Å². The van der Waals surface area contributed by atoms with Gasteiger partial charge in [0, 0.05) is 16.7 Å². The number of aromatic nitrogens is 2. The topological polar surface area (TPSA) is 169 Å². The van der Waals surface area contributed by atoms with E-state index in [0.29, 0.717) is 21.8 Å². The maximum atomic E-state index is 14.6. The monoisotopic (exact) mass is 674 g/mol. The Balaban J connectivity index is 1.45. The number of carbonyl (C=O) groups is 3. The minimum atomic E-state index is -5.37. The molecular formula is C31H30F4N6O5S. The number of nitrogens with zero attached hydrogens (tertiary/aromatic N) is 2. The zero-order chi connectivity index (χ0) is 33.9. The summed E-state index contributed by atoms with van der Waals surface area (Å²) < 4.78 is 63.7. The summed E-state index contributed by atoms with van der Waals surface area (Å²) in [4.78, 5) is 45.8. The number of carbonyl (C=O) groups excluding carboxylic acids is 3. The quantitative estimate of drug-likeness (QED) is 0.150. The largest absolute Gasteiger partial charge is 0.491 e. The molecule has 6 N–H and O–H groups in total. The highest BCUT2D eigenvalue weighted by molar-refractivity contribution is 7.22. The van der Waals surface area contributed by atoms with Gasteiger partial charge in [-0.05, 0) is 74.8 Å². The third-order valence-corrected chi connectivity index (χ3v) is 8.41. The fraction of sp³-hybridized carbons (Fsp3) is 0.323. The maximum absolute atomic E-state index is 14.6. The molecule has 0 aliphatic carbocycles. The van der Waals surface area contributed by atoms with Gasteiger partial charge in [-0.15, -0.1) is 0 Å². The summed E-state index contributed by atoms with van der Waals surface area (Å²) in [7, 11) is 0. The van der Waals surface area contributed by atoms with Crippen LogP contribution in [0.1, 0.15) is 41.4 Å². The molecule has 0 saturated carbocycles. The molecule has 3 heterocycles. The predicted molar refractivity (Wildman–Crippen MR) is 165 cm³/mol. The van der Waals surface area contributed by atoms with Crippen LogP contribution in [0, 0.1) is 5.82 Å². The second-order valence-corrected chi connectivity index (χ2v) is 11.8. The molecule has 11 nitrogen and oxygen atoms in total. The maximum Gasteiger partial charge on any atom is 0.424 e. The number of amides is 3. The van der Waals surface area contributed by atoms with E-state index in [0.717, 1.165) is 42.5 Å². The summed E-state index contributed by atoms with van der Waals surface area (Å²) in [5, 5.41) is 19.4. The average Bonchev–Trinajstić information content (AvgIpc) is 3.70. The van der Waals surface area contributed by atoms with E-state index in [4.69, 9.17) is 10.5 Å². The number of fused-ring (bicyclic) bond motifs is 1. The van der Waals surface area contributed by atoms with Crippen LogP contribution < -0.4 is 26.4 Å². The first-order chi connectivity index (χ1) is 22.3. The second kappa shape index (κ2) is 13.6. The fourth-order valence-electron chi connectivity index (χ4n) is 5.09. The third kappa shape index (κ3) is 7.34. The summed E-state index contributed by atoms with van der Waals surface area (Å²) in [5.41, 5.74) is 0.962. The molecule has 5 rings (SSSR count). The van der Waals surface area contributed by atoms with E-state index < -0.39 is 48.1 Å². The Morgan fingerprint density at radius 3 is 2.51 bits per heavy atom. The lowest BCUT2D eigenvalue weighted by Gasteiger charge is -2.31. The highest BCUT2D eigenvalue weighted by Crippen LogP contribution is 2.42. The third-order valence-electron chi connectivity index (χ3n) is 7.48. The van der Waals surface area contributed by atoms with E-state index in [1.807, 2.05) is 0 Å². The van der Waals surface area contributed by atoms with Crippen molar-refractivity contribution in [3.8, 4) is 17.0 Å². The van der Waals surface area contributed by atoms with Crippen LogP contribution in [-0.2, 0) is 21.6 Å². The number of primary amides is 1. The molecule has 3 amide bonds. The molecule has 1 fully saturated rings. The molecule has 0 bridgehead atoms. The highest BCUT2D eigenvalue weighted by Gasteiger charge is 2.56. The van der Waals surface area contributed by atoms with Crippen molar-refractivity contribution >= 4 is 44.4 Å². The number of nitrogens with two attached hydrogens (primary N) is 1. The van der Waals surface area contributed by atoms with Gasteiger partial charge in [0.05, 0.1) is 41.5 Å². The van der Waals surface area contributed by atoms with E-state index >= 15 is 0 Å². The van der Waals surface area contributed by atoms with E-state index in [1.165, 1.54) is 30.3 Å². The molecule has 1 saturated heterocycles. The van der Waals surface area contributed by atoms with E-state index in [9.17, 15) is 37.1 Å². The van der Waals surface area contributed by atoms with Gasteiger partial charge < -0.3 is 31.5 Å². The van der Waals surface area contributed by atoms with E-state index in [2.05, 4.69) is 25.9 Å². The number of benzene rings is 2. The van der Waals surface area contributed by atoms with Crippen molar-refractivity contribution in [1.82, 2.24) is 20.6 Å². The molecule has 1 unspecified atom stereocenters. The Morgan fingerprint density at radius 2 is 1.87 bits per heavy atom. The van der Waals surface area contributed by atoms with Crippen molar-refractivity contribution in [2.45, 2.75) is 44.0 Å². The molecule has 4 aromatic rings.